The molecule has 6 nitrogen and oxygen atoms in total. The Hall–Kier alpha value is -3.12. The number of likely N-dealkylation sites (tertiary alicyclic amines) is 1. The number of benzene rings is 2. The first kappa shape index (κ1) is 21.1. The fourth-order valence-electron chi connectivity index (χ4n) is 4.31. The monoisotopic (exact) mass is 419 g/mol. The number of ether oxygens (including phenoxy) is 1. The zero-order valence-electron chi connectivity index (χ0n) is 18.3. The van der Waals surface area contributed by atoms with Crippen LogP contribution in [0.3, 0.4) is 0 Å². The molecule has 1 saturated heterocycles. The molecule has 31 heavy (non-hydrogen) atoms. The Morgan fingerprint density at radius 3 is 2.58 bits per heavy atom. The lowest BCUT2D eigenvalue weighted by molar-refractivity contribution is -0.139. The van der Waals surface area contributed by atoms with Crippen LogP contribution in [0.15, 0.2) is 53.5 Å². The van der Waals surface area contributed by atoms with Crippen molar-refractivity contribution < 1.29 is 9.53 Å². The highest BCUT2D eigenvalue weighted by Crippen LogP contribution is 2.30. The zero-order valence-corrected chi connectivity index (χ0v) is 18.3. The first-order valence-electron chi connectivity index (χ1n) is 10.8. The van der Waals surface area contributed by atoms with Crippen molar-refractivity contribution in [2.45, 2.75) is 38.8 Å². The van der Waals surface area contributed by atoms with Crippen LogP contribution in [0, 0.1) is 6.92 Å². The molecule has 0 radical (unpaired) electrons. The van der Waals surface area contributed by atoms with E-state index < -0.39 is 6.10 Å². The molecule has 2 aromatic carbocycles. The number of aromatic nitrogens is 1. The summed E-state index contributed by atoms with van der Waals surface area (Å²) in [5.41, 5.74) is 3.00. The summed E-state index contributed by atoms with van der Waals surface area (Å²) < 4.78 is 5.96. The minimum atomic E-state index is -0.609. The van der Waals surface area contributed by atoms with Gasteiger partial charge in [0.1, 0.15) is 5.75 Å². The van der Waals surface area contributed by atoms with Crippen molar-refractivity contribution in [1.29, 1.82) is 0 Å². The van der Waals surface area contributed by atoms with Gasteiger partial charge in [0, 0.05) is 30.9 Å². The predicted molar refractivity (Wildman–Crippen MR) is 123 cm³/mol. The lowest BCUT2D eigenvalue weighted by Crippen LogP contribution is -2.48. The van der Waals surface area contributed by atoms with Crippen molar-refractivity contribution in [2.24, 2.45) is 0 Å². The van der Waals surface area contributed by atoms with Gasteiger partial charge in [-0.2, -0.15) is 0 Å². The second kappa shape index (κ2) is 8.94. The largest absolute Gasteiger partial charge is 0.481 e. The lowest BCUT2D eigenvalue weighted by Gasteiger charge is -2.33. The Labute approximate surface area is 182 Å². The van der Waals surface area contributed by atoms with Crippen LogP contribution in [-0.2, 0) is 4.79 Å². The van der Waals surface area contributed by atoms with Gasteiger partial charge in [-0.15, -0.1) is 0 Å². The number of amides is 1. The van der Waals surface area contributed by atoms with E-state index in [0.29, 0.717) is 17.2 Å². The molecule has 1 amide bonds. The van der Waals surface area contributed by atoms with E-state index in [1.165, 1.54) is 0 Å². The average molecular weight is 420 g/mol. The molecule has 0 saturated carbocycles. The molecular formula is C25H29N3O3. The lowest BCUT2D eigenvalue weighted by atomic mass is 9.97. The Balaban J connectivity index is 1.57. The molecule has 2 N–H and O–H groups in total. The fourth-order valence-corrected chi connectivity index (χ4v) is 4.31. The van der Waals surface area contributed by atoms with E-state index in [0.717, 1.165) is 48.0 Å². The molecule has 0 spiro atoms. The highest BCUT2D eigenvalue weighted by molar-refractivity contribution is 5.97. The summed E-state index contributed by atoms with van der Waals surface area (Å²) in [6.07, 6.45) is 3.04. The molecule has 3 aromatic rings. The molecule has 0 bridgehead atoms. The van der Waals surface area contributed by atoms with E-state index in [-0.39, 0.29) is 11.5 Å². The summed E-state index contributed by atoms with van der Waals surface area (Å²) in [5, 5.41) is 4.68. The third kappa shape index (κ3) is 4.35. The van der Waals surface area contributed by atoms with Crippen LogP contribution in [-0.4, -0.2) is 48.1 Å². The van der Waals surface area contributed by atoms with Gasteiger partial charge in [-0.3, -0.25) is 9.59 Å². The third-order valence-corrected chi connectivity index (χ3v) is 6.18. The Bertz CT molecular complexity index is 1150. The van der Waals surface area contributed by atoms with Gasteiger partial charge in [0.25, 0.3) is 11.5 Å². The highest BCUT2D eigenvalue weighted by Gasteiger charge is 2.26. The maximum Gasteiger partial charge on any atom is 0.263 e. The van der Waals surface area contributed by atoms with Crippen LogP contribution in [0.2, 0.25) is 0 Å². The van der Waals surface area contributed by atoms with Gasteiger partial charge in [0.15, 0.2) is 6.10 Å². The Morgan fingerprint density at radius 1 is 1.13 bits per heavy atom. The fraction of sp³-hybridized carbons (Fsp3) is 0.360. The molecule has 6 heteroatoms. The van der Waals surface area contributed by atoms with Crippen molar-refractivity contribution in [3.8, 4) is 16.9 Å². The first-order valence-corrected chi connectivity index (χ1v) is 10.8. The van der Waals surface area contributed by atoms with E-state index in [2.05, 4.69) is 23.3 Å². The number of piperidine rings is 1. The molecule has 1 aromatic heterocycles. The molecule has 0 unspecified atom stereocenters. The predicted octanol–water partition coefficient (Wildman–Crippen LogP) is 3.48. The number of rotatable bonds is 5. The number of fused-ring (bicyclic) bond motifs is 1. The van der Waals surface area contributed by atoms with Crippen molar-refractivity contribution in [2.75, 3.05) is 20.1 Å². The summed E-state index contributed by atoms with van der Waals surface area (Å²) in [6.45, 7) is 5.28. The number of nitrogens with zero attached hydrogens (tertiary/aromatic N) is 1. The number of aromatic amines is 1. The van der Waals surface area contributed by atoms with Crippen LogP contribution in [0.25, 0.3) is 21.9 Å². The topological polar surface area (TPSA) is 74.4 Å². The number of H-pyrrole nitrogens is 1. The second-order valence-corrected chi connectivity index (χ2v) is 8.20. The number of pyridine rings is 1. The van der Waals surface area contributed by atoms with Crippen LogP contribution in [0.4, 0.5) is 0 Å². The zero-order chi connectivity index (χ0) is 22.0. The van der Waals surface area contributed by atoms with Crippen LogP contribution in [0.5, 0.6) is 5.75 Å². The van der Waals surface area contributed by atoms with Gasteiger partial charge >= 0.3 is 0 Å². The molecule has 1 aliphatic heterocycles. The number of nitrogens with one attached hydrogen (secondary N) is 2. The maximum absolute atomic E-state index is 12.8. The Morgan fingerprint density at radius 2 is 1.87 bits per heavy atom. The number of aryl methyl sites for hydroxylation is 1. The quantitative estimate of drug-likeness (QED) is 0.664. The van der Waals surface area contributed by atoms with Gasteiger partial charge in [0.05, 0.1) is 5.39 Å². The third-order valence-electron chi connectivity index (χ3n) is 6.18. The smallest absolute Gasteiger partial charge is 0.263 e. The standard InChI is InChI=1S/C25H29N3O3/c1-16-6-4-5-7-20(16)23-15-27-24(29)22-14-19(8-9-21(22)23)31-17(2)25(30)28-12-10-18(26-3)11-13-28/h4-9,14-15,17-18,26H,10-13H2,1-3H3,(H,27,29)/t17-/m1/s1. The van der Waals surface area contributed by atoms with E-state index >= 15 is 0 Å². The van der Waals surface area contributed by atoms with Crippen LogP contribution < -0.4 is 15.6 Å². The average Bonchev–Trinajstić information content (AvgIpc) is 2.80. The molecule has 162 valence electrons. The van der Waals surface area contributed by atoms with Crippen molar-refractivity contribution in [3.05, 3.63) is 64.6 Å². The van der Waals surface area contributed by atoms with Crippen LogP contribution >= 0.6 is 0 Å². The summed E-state index contributed by atoms with van der Waals surface area (Å²) in [4.78, 5) is 30.1. The van der Waals surface area contributed by atoms with Crippen LogP contribution in [0.1, 0.15) is 25.3 Å². The summed E-state index contributed by atoms with van der Waals surface area (Å²) >= 11 is 0. The SMILES string of the molecule is CNC1CCN(C(=O)[C@@H](C)Oc2ccc3c(-c4ccccc4C)c[nH]c(=O)c3c2)CC1. The molecule has 1 atom stereocenters. The minimum absolute atomic E-state index is 0.0165. The van der Waals surface area contributed by atoms with Crippen molar-refractivity contribution >= 4 is 16.7 Å². The van der Waals surface area contributed by atoms with Gasteiger partial charge in [-0.1, -0.05) is 24.3 Å². The molecule has 4 rings (SSSR count). The van der Waals surface area contributed by atoms with Gasteiger partial charge in [-0.25, -0.2) is 0 Å². The molecule has 2 heterocycles. The highest BCUT2D eigenvalue weighted by atomic mass is 16.5. The van der Waals surface area contributed by atoms with E-state index in [1.54, 1.807) is 19.2 Å². The Kier molecular flexibility index (Phi) is 6.09. The van der Waals surface area contributed by atoms with E-state index in [1.807, 2.05) is 42.3 Å². The second-order valence-electron chi connectivity index (χ2n) is 8.20. The number of hydrogen-bond acceptors (Lipinski definition) is 4. The minimum Gasteiger partial charge on any atom is -0.481 e. The summed E-state index contributed by atoms with van der Waals surface area (Å²) in [7, 11) is 1.96. The van der Waals surface area contributed by atoms with Crippen molar-refractivity contribution in [1.82, 2.24) is 15.2 Å². The summed E-state index contributed by atoms with van der Waals surface area (Å²) in [5.74, 6) is 0.503. The molecule has 1 aliphatic rings. The number of carbonyl (C=O) groups is 1. The number of hydrogen-bond donors (Lipinski definition) is 2. The van der Waals surface area contributed by atoms with Gasteiger partial charge < -0.3 is 19.9 Å². The molecule has 0 aliphatic carbocycles. The maximum atomic E-state index is 12.8. The first-order chi connectivity index (χ1) is 15.0. The van der Waals surface area contributed by atoms with E-state index in [4.69, 9.17) is 4.74 Å². The summed E-state index contributed by atoms with van der Waals surface area (Å²) in [6, 6.07) is 14.0. The van der Waals surface area contributed by atoms with E-state index in [9.17, 15) is 9.59 Å². The van der Waals surface area contributed by atoms with Crippen molar-refractivity contribution in [3.63, 3.8) is 0 Å². The molecular weight excluding hydrogens is 390 g/mol. The normalized spacial score (nSPS) is 15.8. The van der Waals surface area contributed by atoms with Gasteiger partial charge in [-0.05, 0) is 68.4 Å². The number of carbonyl (C=O) groups excluding carboxylic acids is 1. The van der Waals surface area contributed by atoms with Gasteiger partial charge in [0.2, 0.25) is 0 Å². The molecule has 1 fully saturated rings.